The first-order valence-electron chi connectivity index (χ1n) is 9.04. The maximum absolute atomic E-state index is 12.5. The maximum atomic E-state index is 12.5. The smallest absolute Gasteiger partial charge is 0.410 e. The van der Waals surface area contributed by atoms with Crippen molar-refractivity contribution in [1.82, 2.24) is 10.2 Å². The van der Waals surface area contributed by atoms with Gasteiger partial charge in [-0.3, -0.25) is 4.79 Å². The monoisotopic (exact) mass is 324 g/mol. The Hall–Kier alpha value is -1.26. The molecular formula is C18H32N2O3. The van der Waals surface area contributed by atoms with Gasteiger partial charge in [0.1, 0.15) is 5.60 Å². The highest BCUT2D eigenvalue weighted by atomic mass is 16.6. The average molecular weight is 324 g/mol. The van der Waals surface area contributed by atoms with Crippen molar-refractivity contribution in [2.45, 2.75) is 77.9 Å². The highest BCUT2D eigenvalue weighted by molar-refractivity contribution is 5.79. The quantitative estimate of drug-likeness (QED) is 0.847. The van der Waals surface area contributed by atoms with Crippen molar-refractivity contribution in [3.63, 3.8) is 0 Å². The van der Waals surface area contributed by atoms with Gasteiger partial charge in [-0.1, -0.05) is 19.8 Å². The minimum atomic E-state index is -0.470. The van der Waals surface area contributed by atoms with Crippen LogP contribution in [0, 0.1) is 11.8 Å². The SMILES string of the molecule is C[C@@H]1CCCC[C@@H]1NC(=O)C1CCN(C(=O)OC(C)(C)C)CC1. The van der Waals surface area contributed by atoms with Crippen LogP contribution >= 0.6 is 0 Å². The van der Waals surface area contributed by atoms with Gasteiger partial charge in [-0.05, 0) is 52.4 Å². The Morgan fingerprint density at radius 2 is 1.65 bits per heavy atom. The lowest BCUT2D eigenvalue weighted by atomic mass is 9.85. The molecule has 2 atom stereocenters. The van der Waals surface area contributed by atoms with Crippen LogP contribution in [0.5, 0.6) is 0 Å². The van der Waals surface area contributed by atoms with Gasteiger partial charge in [0.2, 0.25) is 5.91 Å². The van der Waals surface area contributed by atoms with E-state index in [1.165, 1.54) is 19.3 Å². The fourth-order valence-electron chi connectivity index (χ4n) is 3.48. The van der Waals surface area contributed by atoms with E-state index in [0.29, 0.717) is 25.0 Å². The van der Waals surface area contributed by atoms with Crippen molar-refractivity contribution < 1.29 is 14.3 Å². The molecule has 0 aromatic rings. The molecule has 5 nitrogen and oxygen atoms in total. The topological polar surface area (TPSA) is 58.6 Å². The zero-order chi connectivity index (χ0) is 17.0. The lowest BCUT2D eigenvalue weighted by molar-refractivity contribution is -0.127. The number of nitrogens with zero attached hydrogens (tertiary/aromatic N) is 1. The average Bonchev–Trinajstić information content (AvgIpc) is 2.48. The molecule has 0 spiro atoms. The van der Waals surface area contributed by atoms with Crippen LogP contribution in [-0.2, 0) is 9.53 Å². The minimum absolute atomic E-state index is 0.0304. The van der Waals surface area contributed by atoms with Gasteiger partial charge in [-0.25, -0.2) is 4.79 Å². The van der Waals surface area contributed by atoms with E-state index in [9.17, 15) is 9.59 Å². The summed E-state index contributed by atoms with van der Waals surface area (Å²) in [6.45, 7) is 9.05. The summed E-state index contributed by atoms with van der Waals surface area (Å²) in [5, 5.41) is 3.25. The molecule has 1 N–H and O–H groups in total. The normalized spacial score (nSPS) is 26.7. The van der Waals surface area contributed by atoms with Crippen LogP contribution in [0.1, 0.15) is 66.2 Å². The second-order valence-corrected chi connectivity index (χ2v) is 8.12. The van der Waals surface area contributed by atoms with Crippen LogP contribution in [0.4, 0.5) is 4.79 Å². The number of hydrogen-bond donors (Lipinski definition) is 1. The molecule has 23 heavy (non-hydrogen) atoms. The van der Waals surface area contributed by atoms with Gasteiger partial charge in [0, 0.05) is 25.0 Å². The van der Waals surface area contributed by atoms with Crippen LogP contribution in [0.15, 0.2) is 0 Å². The van der Waals surface area contributed by atoms with Gasteiger partial charge in [-0.2, -0.15) is 0 Å². The molecule has 0 unspecified atom stereocenters. The number of carbonyl (C=O) groups excluding carboxylic acids is 2. The molecule has 2 aliphatic rings. The Morgan fingerprint density at radius 1 is 1.04 bits per heavy atom. The Labute approximate surface area is 140 Å². The molecule has 5 heteroatoms. The Bertz CT molecular complexity index is 422. The highest BCUT2D eigenvalue weighted by Crippen LogP contribution is 2.25. The summed E-state index contributed by atoms with van der Waals surface area (Å²) in [7, 11) is 0. The number of amides is 2. The van der Waals surface area contributed by atoms with Crippen molar-refractivity contribution in [2.24, 2.45) is 11.8 Å². The molecule has 2 fully saturated rings. The zero-order valence-corrected chi connectivity index (χ0v) is 15.1. The van der Waals surface area contributed by atoms with E-state index in [0.717, 1.165) is 19.3 Å². The van der Waals surface area contributed by atoms with E-state index in [1.54, 1.807) is 4.90 Å². The fraction of sp³-hybridized carbons (Fsp3) is 0.889. The van der Waals surface area contributed by atoms with Crippen LogP contribution in [0.2, 0.25) is 0 Å². The van der Waals surface area contributed by atoms with Crippen molar-refractivity contribution in [2.75, 3.05) is 13.1 Å². The van der Waals surface area contributed by atoms with E-state index in [-0.39, 0.29) is 17.9 Å². The fourth-order valence-corrected chi connectivity index (χ4v) is 3.48. The first kappa shape index (κ1) is 18.1. The molecular weight excluding hydrogens is 292 g/mol. The third-order valence-corrected chi connectivity index (χ3v) is 4.96. The predicted octanol–water partition coefficient (Wildman–Crippen LogP) is 3.33. The van der Waals surface area contributed by atoms with Gasteiger partial charge in [0.25, 0.3) is 0 Å². The number of rotatable bonds is 2. The number of carbonyl (C=O) groups is 2. The molecule has 132 valence electrons. The van der Waals surface area contributed by atoms with E-state index in [1.807, 2.05) is 20.8 Å². The van der Waals surface area contributed by atoms with Gasteiger partial charge >= 0.3 is 6.09 Å². The first-order chi connectivity index (χ1) is 10.8. The summed E-state index contributed by atoms with van der Waals surface area (Å²) in [5.41, 5.74) is -0.470. The van der Waals surface area contributed by atoms with Crippen molar-refractivity contribution in [3.8, 4) is 0 Å². The molecule has 1 aliphatic heterocycles. The summed E-state index contributed by atoms with van der Waals surface area (Å²) in [6, 6.07) is 0.333. The number of ether oxygens (including phenoxy) is 1. The Morgan fingerprint density at radius 3 is 2.22 bits per heavy atom. The molecule has 0 aromatic carbocycles. The Balaban J connectivity index is 1.77. The predicted molar refractivity (Wildman–Crippen MR) is 90.1 cm³/mol. The second kappa shape index (κ2) is 7.54. The molecule has 2 amide bonds. The second-order valence-electron chi connectivity index (χ2n) is 8.12. The number of likely N-dealkylation sites (tertiary alicyclic amines) is 1. The summed E-state index contributed by atoms with van der Waals surface area (Å²) in [4.78, 5) is 26.2. The van der Waals surface area contributed by atoms with E-state index in [4.69, 9.17) is 4.74 Å². The molecule has 1 saturated carbocycles. The third-order valence-electron chi connectivity index (χ3n) is 4.96. The summed E-state index contributed by atoms with van der Waals surface area (Å²) in [5.74, 6) is 0.782. The van der Waals surface area contributed by atoms with Crippen LogP contribution in [0.25, 0.3) is 0 Å². The largest absolute Gasteiger partial charge is 0.444 e. The van der Waals surface area contributed by atoms with Crippen molar-refractivity contribution in [3.05, 3.63) is 0 Å². The lowest BCUT2D eigenvalue weighted by Gasteiger charge is -2.35. The lowest BCUT2D eigenvalue weighted by Crippen LogP contribution is -2.48. The maximum Gasteiger partial charge on any atom is 0.410 e. The molecule has 1 aliphatic carbocycles. The summed E-state index contributed by atoms with van der Waals surface area (Å²) < 4.78 is 5.39. The highest BCUT2D eigenvalue weighted by Gasteiger charge is 2.31. The third kappa shape index (κ3) is 5.40. The summed E-state index contributed by atoms with van der Waals surface area (Å²) in [6.07, 6.45) is 6.00. The van der Waals surface area contributed by atoms with Crippen LogP contribution in [0.3, 0.4) is 0 Å². The molecule has 0 radical (unpaired) electrons. The minimum Gasteiger partial charge on any atom is -0.444 e. The van der Waals surface area contributed by atoms with E-state index < -0.39 is 5.60 Å². The molecule has 0 aromatic heterocycles. The standard InChI is InChI=1S/C18H32N2O3/c1-13-7-5-6-8-15(13)19-16(21)14-9-11-20(12-10-14)17(22)23-18(2,3)4/h13-15H,5-12H2,1-4H3,(H,19,21)/t13-,15+/m1/s1. The van der Waals surface area contributed by atoms with Crippen LogP contribution < -0.4 is 5.32 Å². The summed E-state index contributed by atoms with van der Waals surface area (Å²) >= 11 is 0. The van der Waals surface area contributed by atoms with E-state index in [2.05, 4.69) is 12.2 Å². The first-order valence-corrected chi connectivity index (χ1v) is 9.04. The number of nitrogens with one attached hydrogen (secondary N) is 1. The van der Waals surface area contributed by atoms with Gasteiger partial charge in [-0.15, -0.1) is 0 Å². The number of hydrogen-bond acceptors (Lipinski definition) is 3. The van der Waals surface area contributed by atoms with Gasteiger partial charge in [0.15, 0.2) is 0 Å². The molecule has 1 heterocycles. The van der Waals surface area contributed by atoms with Crippen molar-refractivity contribution >= 4 is 12.0 Å². The molecule has 1 saturated heterocycles. The van der Waals surface area contributed by atoms with Gasteiger partial charge < -0.3 is 15.0 Å². The Kier molecular flexibility index (Phi) is 5.93. The molecule has 0 bridgehead atoms. The number of piperidine rings is 1. The van der Waals surface area contributed by atoms with Crippen molar-refractivity contribution in [1.29, 1.82) is 0 Å². The van der Waals surface area contributed by atoms with E-state index >= 15 is 0 Å². The zero-order valence-electron chi connectivity index (χ0n) is 15.1. The van der Waals surface area contributed by atoms with Crippen LogP contribution in [-0.4, -0.2) is 41.6 Å². The van der Waals surface area contributed by atoms with Gasteiger partial charge in [0.05, 0.1) is 0 Å². The molecule has 2 rings (SSSR count).